The molecule has 1 aromatic heterocycles. The first-order valence-electron chi connectivity index (χ1n) is 7.65. The number of nitro groups is 1. The molecule has 1 unspecified atom stereocenters. The van der Waals surface area contributed by atoms with E-state index >= 15 is 0 Å². The zero-order chi connectivity index (χ0) is 18.7. The van der Waals surface area contributed by atoms with E-state index in [9.17, 15) is 14.9 Å². The van der Waals surface area contributed by atoms with Crippen molar-refractivity contribution < 1.29 is 9.72 Å². The van der Waals surface area contributed by atoms with E-state index in [0.717, 1.165) is 5.56 Å². The molecule has 9 heteroatoms. The van der Waals surface area contributed by atoms with Crippen molar-refractivity contribution in [2.75, 3.05) is 0 Å². The van der Waals surface area contributed by atoms with E-state index in [-0.39, 0.29) is 23.0 Å². The standard InChI is InChI=1S/C17H14ClN5O3/c1-11(12-3-2-4-14(18)7-12)21-17(24)13-5-6-15(16(8-13)23(25)26)22-10-19-9-20-22/h2-11H,1H3,(H,21,24). The highest BCUT2D eigenvalue weighted by Gasteiger charge is 2.20. The van der Waals surface area contributed by atoms with Gasteiger partial charge in [-0.15, -0.1) is 0 Å². The van der Waals surface area contributed by atoms with Crippen molar-refractivity contribution >= 4 is 23.2 Å². The van der Waals surface area contributed by atoms with E-state index in [1.54, 1.807) is 18.2 Å². The molecule has 1 N–H and O–H groups in total. The second-order valence-electron chi connectivity index (χ2n) is 5.55. The number of benzene rings is 2. The Morgan fingerprint density at radius 3 is 2.77 bits per heavy atom. The molecule has 0 saturated carbocycles. The molecule has 1 atom stereocenters. The minimum absolute atomic E-state index is 0.175. The zero-order valence-electron chi connectivity index (χ0n) is 13.7. The molecule has 0 aliphatic carbocycles. The normalized spacial score (nSPS) is 11.8. The van der Waals surface area contributed by atoms with Crippen molar-refractivity contribution in [2.45, 2.75) is 13.0 Å². The summed E-state index contributed by atoms with van der Waals surface area (Å²) in [6.45, 7) is 1.81. The average molecular weight is 372 g/mol. The lowest BCUT2D eigenvalue weighted by Gasteiger charge is -2.15. The van der Waals surface area contributed by atoms with Crippen LogP contribution in [0.25, 0.3) is 5.69 Å². The van der Waals surface area contributed by atoms with Crippen LogP contribution < -0.4 is 5.32 Å². The molecule has 0 spiro atoms. The molecule has 0 aliphatic rings. The summed E-state index contributed by atoms with van der Waals surface area (Å²) >= 11 is 5.96. The number of amides is 1. The maximum atomic E-state index is 12.5. The number of halogens is 1. The van der Waals surface area contributed by atoms with Gasteiger partial charge in [-0.1, -0.05) is 23.7 Å². The Balaban J connectivity index is 1.86. The molecule has 2 aromatic carbocycles. The summed E-state index contributed by atoms with van der Waals surface area (Å²) in [7, 11) is 0. The fraction of sp³-hybridized carbons (Fsp3) is 0.118. The molecule has 3 aromatic rings. The number of carbonyl (C=O) groups is 1. The predicted octanol–water partition coefficient (Wildman–Crippen LogP) is 3.32. The van der Waals surface area contributed by atoms with Gasteiger partial charge < -0.3 is 5.32 Å². The Morgan fingerprint density at radius 2 is 2.12 bits per heavy atom. The Morgan fingerprint density at radius 1 is 1.31 bits per heavy atom. The Hall–Kier alpha value is -3.26. The number of aromatic nitrogens is 3. The molecule has 1 amide bonds. The minimum atomic E-state index is -0.561. The molecular formula is C17H14ClN5O3. The molecule has 132 valence electrons. The Kier molecular flexibility index (Phi) is 4.94. The van der Waals surface area contributed by atoms with Crippen LogP contribution in [-0.2, 0) is 0 Å². The van der Waals surface area contributed by atoms with Crippen LogP contribution in [0.3, 0.4) is 0 Å². The van der Waals surface area contributed by atoms with Gasteiger partial charge in [-0.05, 0) is 36.8 Å². The summed E-state index contributed by atoms with van der Waals surface area (Å²) < 4.78 is 1.27. The van der Waals surface area contributed by atoms with Crippen LogP contribution in [0.4, 0.5) is 5.69 Å². The van der Waals surface area contributed by atoms with Crippen LogP contribution in [0.2, 0.25) is 5.02 Å². The lowest BCUT2D eigenvalue weighted by atomic mass is 10.1. The van der Waals surface area contributed by atoms with Crippen molar-refractivity contribution in [2.24, 2.45) is 0 Å². The summed E-state index contributed by atoms with van der Waals surface area (Å²) in [4.78, 5) is 27.1. The van der Waals surface area contributed by atoms with Gasteiger partial charge in [-0.2, -0.15) is 5.10 Å². The first-order valence-corrected chi connectivity index (χ1v) is 8.03. The molecule has 0 saturated heterocycles. The van der Waals surface area contributed by atoms with Crippen LogP contribution in [0, 0.1) is 10.1 Å². The molecule has 3 rings (SSSR count). The van der Waals surface area contributed by atoms with Gasteiger partial charge in [0.15, 0.2) is 0 Å². The van der Waals surface area contributed by atoms with Gasteiger partial charge in [0.05, 0.1) is 11.0 Å². The van der Waals surface area contributed by atoms with Crippen molar-refractivity contribution in [3.8, 4) is 5.69 Å². The van der Waals surface area contributed by atoms with Gasteiger partial charge in [0.1, 0.15) is 18.3 Å². The first kappa shape index (κ1) is 17.6. The summed E-state index contributed by atoms with van der Waals surface area (Å²) in [6.07, 6.45) is 2.63. The summed E-state index contributed by atoms with van der Waals surface area (Å²) in [5.74, 6) is -0.425. The van der Waals surface area contributed by atoms with Crippen molar-refractivity contribution in [1.29, 1.82) is 0 Å². The highest BCUT2D eigenvalue weighted by molar-refractivity contribution is 6.30. The van der Waals surface area contributed by atoms with E-state index in [2.05, 4.69) is 15.4 Å². The van der Waals surface area contributed by atoms with Gasteiger partial charge in [0.25, 0.3) is 11.6 Å². The third kappa shape index (κ3) is 3.70. The van der Waals surface area contributed by atoms with Crippen LogP contribution in [0.5, 0.6) is 0 Å². The molecule has 0 fully saturated rings. The second kappa shape index (κ2) is 7.32. The monoisotopic (exact) mass is 371 g/mol. The Labute approximate surface area is 153 Å². The highest BCUT2D eigenvalue weighted by Crippen LogP contribution is 2.24. The van der Waals surface area contributed by atoms with Crippen LogP contribution in [-0.4, -0.2) is 25.6 Å². The quantitative estimate of drug-likeness (QED) is 0.547. The third-order valence-electron chi connectivity index (χ3n) is 3.80. The molecule has 0 bridgehead atoms. The van der Waals surface area contributed by atoms with Crippen molar-refractivity contribution in [3.63, 3.8) is 0 Å². The molecule has 26 heavy (non-hydrogen) atoms. The van der Waals surface area contributed by atoms with Crippen LogP contribution in [0.1, 0.15) is 28.9 Å². The second-order valence-corrected chi connectivity index (χ2v) is 5.99. The highest BCUT2D eigenvalue weighted by atomic mass is 35.5. The fourth-order valence-electron chi connectivity index (χ4n) is 2.48. The van der Waals surface area contributed by atoms with E-state index in [1.807, 2.05) is 13.0 Å². The average Bonchev–Trinajstić information content (AvgIpc) is 3.15. The lowest BCUT2D eigenvalue weighted by molar-refractivity contribution is -0.384. The lowest BCUT2D eigenvalue weighted by Crippen LogP contribution is -2.26. The number of nitro benzene ring substituents is 1. The number of nitrogens with one attached hydrogen (secondary N) is 1. The predicted molar refractivity (Wildman–Crippen MR) is 95.3 cm³/mol. The van der Waals surface area contributed by atoms with Crippen LogP contribution in [0.15, 0.2) is 55.1 Å². The SMILES string of the molecule is CC(NC(=O)c1ccc(-n2cncn2)c([N+](=O)[O-])c1)c1cccc(Cl)c1. The number of rotatable bonds is 5. The van der Waals surface area contributed by atoms with E-state index in [1.165, 1.54) is 35.5 Å². The fourth-order valence-corrected chi connectivity index (χ4v) is 2.68. The molecule has 8 nitrogen and oxygen atoms in total. The number of hydrogen-bond acceptors (Lipinski definition) is 5. The van der Waals surface area contributed by atoms with E-state index in [0.29, 0.717) is 5.02 Å². The van der Waals surface area contributed by atoms with Crippen molar-refractivity contribution in [1.82, 2.24) is 20.1 Å². The number of carbonyl (C=O) groups excluding carboxylic acids is 1. The van der Waals surface area contributed by atoms with Gasteiger partial charge in [-0.25, -0.2) is 9.67 Å². The first-order chi connectivity index (χ1) is 12.5. The number of hydrogen-bond donors (Lipinski definition) is 1. The van der Waals surface area contributed by atoms with Gasteiger partial charge >= 0.3 is 0 Å². The minimum Gasteiger partial charge on any atom is -0.346 e. The molecule has 1 heterocycles. The smallest absolute Gasteiger partial charge is 0.295 e. The number of nitrogens with zero attached hydrogens (tertiary/aromatic N) is 4. The van der Waals surface area contributed by atoms with Crippen molar-refractivity contribution in [3.05, 3.63) is 81.4 Å². The maximum Gasteiger partial charge on any atom is 0.295 e. The molecule has 0 aliphatic heterocycles. The maximum absolute atomic E-state index is 12.5. The van der Waals surface area contributed by atoms with Gasteiger partial charge in [-0.3, -0.25) is 14.9 Å². The largest absolute Gasteiger partial charge is 0.346 e. The van der Waals surface area contributed by atoms with Gasteiger partial charge in [0.2, 0.25) is 0 Å². The van der Waals surface area contributed by atoms with E-state index in [4.69, 9.17) is 11.6 Å². The Bertz CT molecular complexity index is 959. The topological polar surface area (TPSA) is 103 Å². The molecule has 0 radical (unpaired) electrons. The molecular weight excluding hydrogens is 358 g/mol. The van der Waals surface area contributed by atoms with E-state index < -0.39 is 10.8 Å². The summed E-state index contributed by atoms with van der Waals surface area (Å²) in [5, 5.41) is 18.6. The zero-order valence-corrected chi connectivity index (χ0v) is 14.4. The van der Waals surface area contributed by atoms with Crippen LogP contribution >= 0.6 is 11.6 Å². The van der Waals surface area contributed by atoms with Gasteiger partial charge in [0, 0.05) is 16.7 Å². The summed E-state index contributed by atoms with van der Waals surface area (Å²) in [6, 6.07) is 11.0. The third-order valence-corrected chi connectivity index (χ3v) is 4.03. The summed E-state index contributed by atoms with van der Waals surface area (Å²) in [5.41, 5.74) is 1.000.